The van der Waals surface area contributed by atoms with Crippen molar-refractivity contribution in [1.29, 1.82) is 0 Å². The van der Waals surface area contributed by atoms with Gasteiger partial charge in [0.2, 0.25) is 3.79 Å². The number of nitrogens with zero attached hydrogens (tertiary/aromatic N) is 3. The van der Waals surface area contributed by atoms with Gasteiger partial charge in [0.05, 0.1) is 18.7 Å². The Balaban J connectivity index is 1.39. The van der Waals surface area contributed by atoms with Crippen LogP contribution in [0.5, 0.6) is 5.75 Å². The molecule has 57 heavy (non-hydrogen) atoms. The lowest BCUT2D eigenvalue weighted by atomic mass is 9.81. The van der Waals surface area contributed by atoms with E-state index in [1.54, 1.807) is 9.80 Å². The van der Waals surface area contributed by atoms with E-state index in [0.717, 1.165) is 52.0 Å². The molecule has 2 heterocycles. The lowest BCUT2D eigenvalue weighted by molar-refractivity contribution is -0.129. The molecule has 0 aromatic heterocycles. The molecule has 3 aliphatic rings. The number of aryl methyl sites for hydroxylation is 2. The average Bonchev–Trinajstić information content (AvgIpc) is 3.96. The zero-order chi connectivity index (χ0) is 41.4. The number of carbonyl (C=O) groups excluding carboxylic acids is 3. The smallest absolute Gasteiger partial charge is 0.411 e. The lowest BCUT2D eigenvalue weighted by Crippen LogP contribution is -2.66. The van der Waals surface area contributed by atoms with E-state index < -0.39 is 39.3 Å². The molecular weight excluding hydrogens is 785 g/mol. The molecule has 2 unspecified atom stereocenters. The van der Waals surface area contributed by atoms with E-state index in [1.165, 1.54) is 19.4 Å². The third-order valence-electron chi connectivity index (χ3n) is 10.9. The van der Waals surface area contributed by atoms with Gasteiger partial charge in [-0.15, -0.1) is 0 Å². The van der Waals surface area contributed by atoms with Gasteiger partial charge >= 0.3 is 12.2 Å². The summed E-state index contributed by atoms with van der Waals surface area (Å²) in [6.45, 7) is 15.8. The van der Waals surface area contributed by atoms with Crippen LogP contribution in [0.4, 0.5) is 9.59 Å². The first-order valence-corrected chi connectivity index (χ1v) is 20.8. The van der Waals surface area contributed by atoms with Crippen LogP contribution in [0.2, 0.25) is 0 Å². The van der Waals surface area contributed by atoms with Crippen LogP contribution in [-0.4, -0.2) is 85.6 Å². The fourth-order valence-corrected chi connectivity index (χ4v) is 7.64. The third kappa shape index (κ3) is 10.0. The molecule has 0 spiro atoms. The fraction of sp³-hybridized carbons (Fsp3) is 0.489. The van der Waals surface area contributed by atoms with E-state index >= 15 is 4.79 Å². The highest BCUT2D eigenvalue weighted by Crippen LogP contribution is 2.44. The van der Waals surface area contributed by atoms with Crippen molar-refractivity contribution in [2.24, 2.45) is 0 Å². The first-order valence-electron chi connectivity index (χ1n) is 19.7. The third-order valence-corrected chi connectivity index (χ3v) is 12.3. The highest BCUT2D eigenvalue weighted by molar-refractivity contribution is 6.68. The molecule has 9 nitrogen and oxygen atoms in total. The molecule has 6 rings (SSSR count). The van der Waals surface area contributed by atoms with Crippen molar-refractivity contribution >= 4 is 58.5 Å². The molecule has 1 saturated carbocycles. The fourth-order valence-electron chi connectivity index (χ4n) is 7.52. The first-order chi connectivity index (χ1) is 26.7. The van der Waals surface area contributed by atoms with Crippen LogP contribution in [0.3, 0.4) is 0 Å². The number of hydrogen-bond acceptors (Lipinski definition) is 6. The molecule has 3 aromatic rings. The summed E-state index contributed by atoms with van der Waals surface area (Å²) >= 11 is 18.8. The predicted octanol–water partition coefficient (Wildman–Crippen LogP) is 10.2. The average molecular weight is 839 g/mol. The molecule has 0 N–H and O–H groups in total. The maximum absolute atomic E-state index is 15.3. The van der Waals surface area contributed by atoms with Crippen LogP contribution in [0, 0.1) is 20.8 Å². The van der Waals surface area contributed by atoms with Crippen molar-refractivity contribution in [3.05, 3.63) is 106 Å². The molecule has 306 valence electrons. The van der Waals surface area contributed by atoms with E-state index in [-0.39, 0.29) is 31.5 Å². The molecule has 2 bridgehead atoms. The zero-order valence-corrected chi connectivity index (χ0v) is 36.4. The Hall–Kier alpha value is -3.92. The van der Waals surface area contributed by atoms with Gasteiger partial charge in [-0.2, -0.15) is 0 Å². The molecule has 2 atom stereocenters. The second kappa shape index (κ2) is 16.7. The van der Waals surface area contributed by atoms with Crippen LogP contribution < -0.4 is 4.74 Å². The van der Waals surface area contributed by atoms with E-state index in [4.69, 9.17) is 49.0 Å². The molecule has 1 saturated heterocycles. The van der Waals surface area contributed by atoms with Crippen molar-refractivity contribution in [3.63, 3.8) is 0 Å². The summed E-state index contributed by atoms with van der Waals surface area (Å²) in [6, 6.07) is 20.9. The van der Waals surface area contributed by atoms with Gasteiger partial charge in [0, 0.05) is 37.7 Å². The number of fused-ring (bicyclic) bond motifs is 2. The van der Waals surface area contributed by atoms with E-state index in [0.29, 0.717) is 25.1 Å². The number of alkyl halides is 3. The minimum Gasteiger partial charge on any atom is -0.493 e. The van der Waals surface area contributed by atoms with Gasteiger partial charge in [0.25, 0.3) is 5.91 Å². The number of benzene rings is 3. The van der Waals surface area contributed by atoms with Gasteiger partial charge in [0.15, 0.2) is 5.60 Å². The highest BCUT2D eigenvalue weighted by Gasteiger charge is 2.53. The molecule has 12 heteroatoms. The molecule has 2 fully saturated rings. The van der Waals surface area contributed by atoms with Crippen LogP contribution in [0.1, 0.15) is 87.3 Å². The molecule has 2 aliphatic heterocycles. The van der Waals surface area contributed by atoms with Crippen LogP contribution in [-0.2, 0) is 27.2 Å². The second-order valence-electron chi connectivity index (χ2n) is 17.1. The van der Waals surface area contributed by atoms with Crippen LogP contribution in [0.15, 0.2) is 72.3 Å². The topological polar surface area (TPSA) is 88.6 Å². The number of piperazine rings is 1. The van der Waals surface area contributed by atoms with Crippen molar-refractivity contribution < 1.29 is 28.6 Å². The summed E-state index contributed by atoms with van der Waals surface area (Å²) in [5.41, 5.74) is 5.46. The molecule has 3 aromatic carbocycles. The Morgan fingerprint density at radius 3 is 2.11 bits per heavy atom. The van der Waals surface area contributed by atoms with Crippen molar-refractivity contribution in [2.45, 2.75) is 121 Å². The maximum Gasteiger partial charge on any atom is 0.411 e. The number of carbonyl (C=O) groups is 3. The summed E-state index contributed by atoms with van der Waals surface area (Å²) in [7, 11) is 0. The van der Waals surface area contributed by atoms with E-state index in [1.807, 2.05) is 68.1 Å². The van der Waals surface area contributed by atoms with Gasteiger partial charge in [-0.05, 0) is 120 Å². The minimum absolute atomic E-state index is 0.0103. The quantitative estimate of drug-likeness (QED) is 0.189. The molecular formula is C45H54Cl3N3O6. The number of ether oxygens (including phenoxy) is 3. The van der Waals surface area contributed by atoms with Gasteiger partial charge in [-0.25, -0.2) is 9.59 Å². The largest absolute Gasteiger partial charge is 0.493 e. The monoisotopic (exact) mass is 837 g/mol. The van der Waals surface area contributed by atoms with Gasteiger partial charge in [-0.1, -0.05) is 95.5 Å². The van der Waals surface area contributed by atoms with Crippen molar-refractivity contribution in [3.8, 4) is 5.75 Å². The molecule has 1 aliphatic carbocycles. The van der Waals surface area contributed by atoms with Gasteiger partial charge in [0.1, 0.15) is 11.4 Å². The Kier molecular flexibility index (Phi) is 12.5. The standard InChI is InChI=1S/C45H54Cl3N3O6/c1-28-22-29(2)30(3)38(23-28)55-21-20-31-14-16-33(17-15-31)36-24-35-26-49(41(53)56-43(4,5)6)27-37(51(35)42(54)57-44(7,8)45(46,47)48)39(36)40(52)50(34-18-19-34)25-32-12-10-9-11-13-32/h9-17,22-23,34-35,37H,18-21,24-27H2,1-8H3. The summed E-state index contributed by atoms with van der Waals surface area (Å²) in [4.78, 5) is 48.4. The summed E-state index contributed by atoms with van der Waals surface area (Å²) in [5, 5.41) is 0. The SMILES string of the molecule is Cc1cc(C)c(C)c(OCCc2ccc(C3=C(C(=O)N(Cc4ccccc4)C4CC4)C4CN(C(=O)OC(C)(C)C)CC(C3)N4C(=O)OC(C)(C)C(Cl)(Cl)Cl)cc2)c1. The Morgan fingerprint density at radius 1 is 0.825 bits per heavy atom. The number of rotatable bonds is 10. The van der Waals surface area contributed by atoms with Crippen molar-refractivity contribution in [1.82, 2.24) is 14.7 Å². The van der Waals surface area contributed by atoms with E-state index in [9.17, 15) is 9.59 Å². The van der Waals surface area contributed by atoms with Gasteiger partial charge in [-0.3, -0.25) is 9.69 Å². The highest BCUT2D eigenvalue weighted by atomic mass is 35.6. The lowest BCUT2D eigenvalue weighted by Gasteiger charge is -2.51. The van der Waals surface area contributed by atoms with Crippen LogP contribution in [0.25, 0.3) is 5.57 Å². The summed E-state index contributed by atoms with van der Waals surface area (Å²) in [5.74, 6) is 0.702. The van der Waals surface area contributed by atoms with Crippen LogP contribution >= 0.6 is 34.8 Å². The first kappa shape index (κ1) is 42.7. The minimum atomic E-state index is -1.93. The summed E-state index contributed by atoms with van der Waals surface area (Å²) in [6.07, 6.45) is 1.47. The Bertz CT molecular complexity index is 2000. The summed E-state index contributed by atoms with van der Waals surface area (Å²) < 4.78 is 16.0. The second-order valence-corrected chi connectivity index (χ2v) is 19.4. The predicted molar refractivity (Wildman–Crippen MR) is 226 cm³/mol. The molecule has 0 radical (unpaired) electrons. The maximum atomic E-state index is 15.3. The zero-order valence-electron chi connectivity index (χ0n) is 34.2. The Morgan fingerprint density at radius 2 is 1.49 bits per heavy atom. The Labute approximate surface area is 352 Å². The van der Waals surface area contributed by atoms with E-state index in [2.05, 4.69) is 45.0 Å². The number of halogens is 3. The molecule has 3 amide bonds. The van der Waals surface area contributed by atoms with Gasteiger partial charge < -0.3 is 24.0 Å². The number of amides is 3. The number of hydrogen-bond donors (Lipinski definition) is 0. The van der Waals surface area contributed by atoms with Crippen molar-refractivity contribution in [2.75, 3.05) is 19.7 Å². The normalized spacial score (nSPS) is 18.6.